The molecule has 0 fully saturated rings. The lowest BCUT2D eigenvalue weighted by molar-refractivity contribution is -0.123. The first-order chi connectivity index (χ1) is 9.56. The number of carbonyl (C=O) groups is 1. The molecular weight excluding hydrogens is 252 g/mol. The average molecular weight is 278 g/mol. The van der Waals surface area contributed by atoms with Crippen LogP contribution >= 0.6 is 0 Å². The van der Waals surface area contributed by atoms with Crippen molar-refractivity contribution in [3.05, 3.63) is 29.3 Å². The molecule has 1 aromatic carbocycles. The fourth-order valence-corrected chi connectivity index (χ4v) is 1.90. The molecule has 1 amide bonds. The van der Waals surface area contributed by atoms with Gasteiger partial charge in [-0.2, -0.15) is 0 Å². The third-order valence-corrected chi connectivity index (χ3v) is 3.49. The summed E-state index contributed by atoms with van der Waals surface area (Å²) < 4.78 is 5.49. The summed E-state index contributed by atoms with van der Waals surface area (Å²) in [7, 11) is 0. The van der Waals surface area contributed by atoms with Gasteiger partial charge in [-0.15, -0.1) is 0 Å². The predicted molar refractivity (Wildman–Crippen MR) is 82.2 cm³/mol. The number of likely N-dealkylation sites (N-methyl/N-ethyl adjacent to an activating group) is 1. The Morgan fingerprint density at radius 3 is 2.50 bits per heavy atom. The lowest BCUT2D eigenvalue weighted by Gasteiger charge is -2.18. The highest BCUT2D eigenvalue weighted by atomic mass is 16.5. The van der Waals surface area contributed by atoms with Gasteiger partial charge in [0.2, 0.25) is 0 Å². The van der Waals surface area contributed by atoms with Crippen molar-refractivity contribution in [2.75, 3.05) is 32.8 Å². The van der Waals surface area contributed by atoms with E-state index < -0.39 is 0 Å². The summed E-state index contributed by atoms with van der Waals surface area (Å²) in [5.74, 6) is 0.669. The average Bonchev–Trinajstić information content (AvgIpc) is 2.45. The number of carbonyl (C=O) groups excluding carboxylic acids is 1. The fraction of sp³-hybridized carbons (Fsp3) is 0.562. The van der Waals surface area contributed by atoms with Crippen molar-refractivity contribution in [3.63, 3.8) is 0 Å². The Balaban J connectivity index is 2.27. The summed E-state index contributed by atoms with van der Waals surface area (Å²) in [5, 5.41) is 2.87. The Morgan fingerprint density at radius 2 is 1.90 bits per heavy atom. The van der Waals surface area contributed by atoms with E-state index in [-0.39, 0.29) is 12.5 Å². The SMILES string of the molecule is CCN(CC)CCNC(=O)COc1ccc(C)c(C)c1. The van der Waals surface area contributed by atoms with Gasteiger partial charge in [-0.1, -0.05) is 19.9 Å². The van der Waals surface area contributed by atoms with Crippen molar-refractivity contribution in [3.8, 4) is 5.75 Å². The van der Waals surface area contributed by atoms with Crippen molar-refractivity contribution < 1.29 is 9.53 Å². The molecule has 1 rings (SSSR count). The van der Waals surface area contributed by atoms with E-state index in [0.29, 0.717) is 6.54 Å². The monoisotopic (exact) mass is 278 g/mol. The molecule has 0 saturated heterocycles. The van der Waals surface area contributed by atoms with Crippen LogP contribution in [0, 0.1) is 13.8 Å². The number of nitrogens with one attached hydrogen (secondary N) is 1. The zero-order chi connectivity index (χ0) is 15.0. The van der Waals surface area contributed by atoms with Crippen LogP contribution in [0.3, 0.4) is 0 Å². The van der Waals surface area contributed by atoms with Crippen LogP contribution in [0.5, 0.6) is 5.75 Å². The fourth-order valence-electron chi connectivity index (χ4n) is 1.90. The topological polar surface area (TPSA) is 41.6 Å². The molecule has 0 bridgehead atoms. The van der Waals surface area contributed by atoms with Crippen LogP contribution in [0.25, 0.3) is 0 Å². The molecule has 20 heavy (non-hydrogen) atoms. The van der Waals surface area contributed by atoms with Crippen molar-refractivity contribution in [1.29, 1.82) is 0 Å². The van der Waals surface area contributed by atoms with Crippen LogP contribution in [0.2, 0.25) is 0 Å². The van der Waals surface area contributed by atoms with E-state index in [0.717, 1.165) is 25.4 Å². The minimum atomic E-state index is -0.0737. The Hall–Kier alpha value is -1.55. The Kier molecular flexibility index (Phi) is 7.09. The maximum atomic E-state index is 11.7. The van der Waals surface area contributed by atoms with E-state index >= 15 is 0 Å². The van der Waals surface area contributed by atoms with Crippen molar-refractivity contribution >= 4 is 5.91 Å². The highest BCUT2D eigenvalue weighted by Gasteiger charge is 2.04. The number of amides is 1. The van der Waals surface area contributed by atoms with E-state index in [2.05, 4.69) is 31.0 Å². The summed E-state index contributed by atoms with van der Waals surface area (Å²) in [6.07, 6.45) is 0. The molecule has 0 spiro atoms. The largest absolute Gasteiger partial charge is 0.484 e. The second-order valence-electron chi connectivity index (χ2n) is 4.91. The molecule has 0 radical (unpaired) electrons. The minimum Gasteiger partial charge on any atom is -0.484 e. The van der Waals surface area contributed by atoms with Gasteiger partial charge in [-0.05, 0) is 50.2 Å². The van der Waals surface area contributed by atoms with Crippen molar-refractivity contribution in [2.45, 2.75) is 27.7 Å². The summed E-state index contributed by atoms with van der Waals surface area (Å²) >= 11 is 0. The van der Waals surface area contributed by atoms with E-state index in [1.165, 1.54) is 11.1 Å². The van der Waals surface area contributed by atoms with E-state index in [1.54, 1.807) is 0 Å². The molecule has 4 heteroatoms. The smallest absolute Gasteiger partial charge is 0.257 e. The molecule has 0 aliphatic carbocycles. The molecule has 0 aliphatic rings. The number of hydrogen-bond acceptors (Lipinski definition) is 3. The number of aryl methyl sites for hydroxylation is 2. The van der Waals surface area contributed by atoms with Crippen LogP contribution in [-0.4, -0.2) is 43.6 Å². The van der Waals surface area contributed by atoms with E-state index in [4.69, 9.17) is 4.74 Å². The number of benzene rings is 1. The lowest BCUT2D eigenvalue weighted by atomic mass is 10.1. The first-order valence-electron chi connectivity index (χ1n) is 7.25. The van der Waals surface area contributed by atoms with Gasteiger partial charge in [0.25, 0.3) is 5.91 Å². The van der Waals surface area contributed by atoms with Crippen LogP contribution in [-0.2, 0) is 4.79 Å². The number of ether oxygens (including phenoxy) is 1. The maximum Gasteiger partial charge on any atom is 0.257 e. The third-order valence-electron chi connectivity index (χ3n) is 3.49. The second kappa shape index (κ2) is 8.59. The Bertz CT molecular complexity index is 428. The van der Waals surface area contributed by atoms with Gasteiger partial charge >= 0.3 is 0 Å². The maximum absolute atomic E-state index is 11.7. The molecule has 0 aromatic heterocycles. The van der Waals surface area contributed by atoms with Crippen LogP contribution in [0.1, 0.15) is 25.0 Å². The molecule has 1 N–H and O–H groups in total. The summed E-state index contributed by atoms with van der Waals surface area (Å²) in [6, 6.07) is 5.85. The lowest BCUT2D eigenvalue weighted by Crippen LogP contribution is -2.36. The normalized spacial score (nSPS) is 10.7. The summed E-state index contributed by atoms with van der Waals surface area (Å²) in [6.45, 7) is 11.9. The number of hydrogen-bond donors (Lipinski definition) is 1. The molecular formula is C16H26N2O2. The summed E-state index contributed by atoms with van der Waals surface area (Å²) in [4.78, 5) is 13.9. The molecule has 0 heterocycles. The zero-order valence-corrected chi connectivity index (χ0v) is 13.0. The van der Waals surface area contributed by atoms with Gasteiger partial charge in [0.05, 0.1) is 0 Å². The molecule has 4 nitrogen and oxygen atoms in total. The molecule has 112 valence electrons. The van der Waals surface area contributed by atoms with Crippen molar-refractivity contribution in [2.24, 2.45) is 0 Å². The van der Waals surface area contributed by atoms with Gasteiger partial charge in [0, 0.05) is 13.1 Å². The number of rotatable bonds is 8. The standard InChI is InChI=1S/C16H26N2O2/c1-5-18(6-2)10-9-17-16(19)12-20-15-8-7-13(3)14(4)11-15/h7-8,11H,5-6,9-10,12H2,1-4H3,(H,17,19). The van der Waals surface area contributed by atoms with E-state index in [9.17, 15) is 4.79 Å². The van der Waals surface area contributed by atoms with Gasteiger partial charge < -0.3 is 15.0 Å². The van der Waals surface area contributed by atoms with Gasteiger partial charge in [0.1, 0.15) is 5.75 Å². The second-order valence-corrected chi connectivity index (χ2v) is 4.91. The quantitative estimate of drug-likeness (QED) is 0.792. The zero-order valence-electron chi connectivity index (χ0n) is 13.0. The van der Waals surface area contributed by atoms with Crippen LogP contribution in [0.15, 0.2) is 18.2 Å². The van der Waals surface area contributed by atoms with Gasteiger partial charge in [-0.25, -0.2) is 0 Å². The summed E-state index contributed by atoms with van der Waals surface area (Å²) in [5.41, 5.74) is 2.39. The molecule has 0 aliphatic heterocycles. The van der Waals surface area contributed by atoms with Crippen molar-refractivity contribution in [1.82, 2.24) is 10.2 Å². The Morgan fingerprint density at radius 1 is 1.20 bits per heavy atom. The van der Waals surface area contributed by atoms with Gasteiger partial charge in [0.15, 0.2) is 6.61 Å². The van der Waals surface area contributed by atoms with Crippen LogP contribution < -0.4 is 10.1 Å². The van der Waals surface area contributed by atoms with Crippen LogP contribution in [0.4, 0.5) is 0 Å². The highest BCUT2D eigenvalue weighted by molar-refractivity contribution is 5.77. The molecule has 0 saturated carbocycles. The van der Waals surface area contributed by atoms with Gasteiger partial charge in [-0.3, -0.25) is 4.79 Å². The molecule has 0 atom stereocenters. The predicted octanol–water partition coefficient (Wildman–Crippen LogP) is 2.14. The first-order valence-corrected chi connectivity index (χ1v) is 7.25. The minimum absolute atomic E-state index is 0.0702. The first kappa shape index (κ1) is 16.5. The number of nitrogens with zero attached hydrogens (tertiary/aromatic N) is 1. The third kappa shape index (κ3) is 5.61. The highest BCUT2D eigenvalue weighted by Crippen LogP contribution is 2.16. The Labute approximate surface area is 122 Å². The molecule has 1 aromatic rings. The molecule has 0 unspecified atom stereocenters. The van der Waals surface area contributed by atoms with E-state index in [1.807, 2.05) is 25.1 Å².